The molecule has 1 saturated carbocycles. The molecule has 1 amide bonds. The van der Waals surface area contributed by atoms with Crippen LogP contribution in [0.1, 0.15) is 18.7 Å². The first-order chi connectivity index (χ1) is 10.1. The summed E-state index contributed by atoms with van der Waals surface area (Å²) in [6.45, 7) is 0.312. The second kappa shape index (κ2) is 5.20. The highest BCUT2D eigenvalue weighted by Crippen LogP contribution is 2.34. The van der Waals surface area contributed by atoms with E-state index in [1.54, 1.807) is 0 Å². The number of nitrogens with one attached hydrogen (secondary N) is 1. The van der Waals surface area contributed by atoms with Gasteiger partial charge in [0.2, 0.25) is 5.91 Å². The zero-order valence-electron chi connectivity index (χ0n) is 11.7. The first-order valence-electron chi connectivity index (χ1n) is 6.99. The van der Waals surface area contributed by atoms with E-state index in [1.807, 2.05) is 35.9 Å². The number of carbonyl (C=O) groups is 2. The Morgan fingerprint density at radius 2 is 2.05 bits per heavy atom. The van der Waals surface area contributed by atoms with Crippen molar-refractivity contribution < 1.29 is 14.7 Å². The van der Waals surface area contributed by atoms with E-state index in [4.69, 9.17) is 5.11 Å². The maximum atomic E-state index is 12.0. The van der Waals surface area contributed by atoms with Crippen LogP contribution in [0, 0.1) is 11.8 Å². The number of imidazole rings is 1. The van der Waals surface area contributed by atoms with Crippen molar-refractivity contribution in [3.63, 3.8) is 0 Å². The molecular weight excluding hydrogens is 270 g/mol. The van der Waals surface area contributed by atoms with Gasteiger partial charge < -0.3 is 15.0 Å². The Balaban J connectivity index is 1.68. The van der Waals surface area contributed by atoms with Crippen LogP contribution in [0.25, 0.3) is 11.0 Å². The first kappa shape index (κ1) is 13.6. The minimum atomic E-state index is -0.885. The first-order valence-corrected chi connectivity index (χ1v) is 6.99. The molecule has 1 heterocycles. The minimum Gasteiger partial charge on any atom is -0.481 e. The number of benzene rings is 1. The third-order valence-electron chi connectivity index (χ3n) is 4.23. The number of nitrogens with zero attached hydrogens (tertiary/aromatic N) is 2. The molecule has 110 valence electrons. The Hall–Kier alpha value is -2.37. The number of hydrogen-bond donors (Lipinski definition) is 2. The van der Waals surface area contributed by atoms with Crippen molar-refractivity contribution in [1.29, 1.82) is 0 Å². The maximum absolute atomic E-state index is 12.0. The number of fused-ring (bicyclic) bond motifs is 1. The third-order valence-corrected chi connectivity index (χ3v) is 4.23. The zero-order valence-corrected chi connectivity index (χ0v) is 11.7. The van der Waals surface area contributed by atoms with E-state index in [2.05, 4.69) is 10.3 Å². The molecule has 1 aliphatic rings. The predicted molar refractivity (Wildman–Crippen MR) is 76.4 cm³/mol. The van der Waals surface area contributed by atoms with Crippen molar-refractivity contribution in [2.24, 2.45) is 18.9 Å². The summed E-state index contributed by atoms with van der Waals surface area (Å²) >= 11 is 0. The van der Waals surface area contributed by atoms with E-state index < -0.39 is 17.8 Å². The van der Waals surface area contributed by atoms with Gasteiger partial charge >= 0.3 is 5.97 Å². The van der Waals surface area contributed by atoms with Crippen molar-refractivity contribution >= 4 is 22.9 Å². The molecule has 2 unspecified atom stereocenters. The van der Waals surface area contributed by atoms with Crippen LogP contribution in [-0.4, -0.2) is 26.5 Å². The summed E-state index contributed by atoms with van der Waals surface area (Å²) < 4.78 is 1.94. The molecule has 0 aliphatic heterocycles. The van der Waals surface area contributed by atoms with E-state index in [0.29, 0.717) is 19.4 Å². The third kappa shape index (κ3) is 2.37. The lowest BCUT2D eigenvalue weighted by Crippen LogP contribution is -2.44. The molecule has 6 nitrogen and oxygen atoms in total. The molecule has 6 heteroatoms. The molecular formula is C15H17N3O3. The van der Waals surface area contributed by atoms with Crippen molar-refractivity contribution in [3.8, 4) is 0 Å². The smallest absolute Gasteiger partial charge is 0.307 e. The SMILES string of the molecule is Cn1c(CNC(=O)C2CCC2C(=O)O)nc2ccccc21. The number of carboxylic acid groups (broad SMARTS) is 1. The van der Waals surface area contributed by atoms with Gasteiger partial charge in [-0.15, -0.1) is 0 Å². The number of aliphatic carboxylic acids is 1. The molecule has 0 saturated heterocycles. The Kier molecular flexibility index (Phi) is 3.37. The van der Waals surface area contributed by atoms with Crippen LogP contribution in [0.3, 0.4) is 0 Å². The van der Waals surface area contributed by atoms with Gasteiger partial charge in [-0.25, -0.2) is 4.98 Å². The molecule has 3 rings (SSSR count). The van der Waals surface area contributed by atoms with E-state index in [0.717, 1.165) is 16.9 Å². The fourth-order valence-corrected chi connectivity index (χ4v) is 2.76. The molecule has 1 aliphatic carbocycles. The number of aromatic nitrogens is 2. The highest BCUT2D eigenvalue weighted by atomic mass is 16.4. The van der Waals surface area contributed by atoms with E-state index >= 15 is 0 Å². The number of carbonyl (C=O) groups excluding carboxylic acids is 1. The average Bonchev–Trinajstić information content (AvgIpc) is 2.72. The highest BCUT2D eigenvalue weighted by Gasteiger charge is 2.41. The zero-order chi connectivity index (χ0) is 15.0. The Bertz CT molecular complexity index is 707. The standard InChI is InChI=1S/C15H17N3O3/c1-18-12-5-3-2-4-11(12)17-13(18)8-16-14(19)9-6-7-10(9)15(20)21/h2-5,9-10H,6-8H2,1H3,(H,16,19)(H,20,21). The van der Waals surface area contributed by atoms with E-state index in [9.17, 15) is 9.59 Å². The van der Waals surface area contributed by atoms with Crippen LogP contribution in [-0.2, 0) is 23.2 Å². The molecule has 2 atom stereocenters. The van der Waals surface area contributed by atoms with Gasteiger partial charge in [0.15, 0.2) is 0 Å². The van der Waals surface area contributed by atoms with Gasteiger partial charge in [0.25, 0.3) is 0 Å². The van der Waals surface area contributed by atoms with Gasteiger partial charge in [-0.1, -0.05) is 12.1 Å². The lowest BCUT2D eigenvalue weighted by Gasteiger charge is -2.31. The quantitative estimate of drug-likeness (QED) is 0.887. The van der Waals surface area contributed by atoms with Crippen LogP contribution >= 0.6 is 0 Å². The number of amides is 1. The maximum Gasteiger partial charge on any atom is 0.307 e. The minimum absolute atomic E-state index is 0.194. The molecule has 0 radical (unpaired) electrons. The van der Waals surface area contributed by atoms with E-state index in [1.165, 1.54) is 0 Å². The molecule has 1 aromatic heterocycles. The Labute approximate surface area is 121 Å². The lowest BCUT2D eigenvalue weighted by molar-refractivity contribution is -0.152. The summed E-state index contributed by atoms with van der Waals surface area (Å²) in [7, 11) is 1.90. The molecule has 2 N–H and O–H groups in total. The monoisotopic (exact) mass is 287 g/mol. The number of carboxylic acids is 1. The van der Waals surface area contributed by atoms with Gasteiger partial charge in [-0.05, 0) is 25.0 Å². The summed E-state index contributed by atoms with van der Waals surface area (Å²) in [5.74, 6) is -1.26. The van der Waals surface area contributed by atoms with Crippen molar-refractivity contribution in [1.82, 2.24) is 14.9 Å². The molecule has 0 spiro atoms. The number of hydrogen-bond acceptors (Lipinski definition) is 3. The predicted octanol–water partition coefficient (Wildman–Crippen LogP) is 1.30. The summed E-state index contributed by atoms with van der Waals surface area (Å²) in [6.07, 6.45) is 1.23. The van der Waals surface area contributed by atoms with Gasteiger partial charge in [-0.3, -0.25) is 9.59 Å². The topological polar surface area (TPSA) is 84.2 Å². The van der Waals surface area contributed by atoms with Crippen molar-refractivity contribution in [3.05, 3.63) is 30.1 Å². The fraction of sp³-hybridized carbons (Fsp3) is 0.400. The van der Waals surface area contributed by atoms with Crippen molar-refractivity contribution in [2.45, 2.75) is 19.4 Å². The molecule has 2 aromatic rings. The molecule has 1 fully saturated rings. The summed E-state index contributed by atoms with van der Waals surface area (Å²) in [5.41, 5.74) is 1.89. The molecule has 0 bridgehead atoms. The summed E-state index contributed by atoms with van der Waals surface area (Å²) in [5, 5.41) is 11.8. The van der Waals surface area contributed by atoms with Gasteiger partial charge in [-0.2, -0.15) is 0 Å². The van der Waals surface area contributed by atoms with Crippen molar-refractivity contribution in [2.75, 3.05) is 0 Å². The van der Waals surface area contributed by atoms with Crippen LogP contribution in [0.2, 0.25) is 0 Å². The summed E-state index contributed by atoms with van der Waals surface area (Å²) in [4.78, 5) is 27.4. The van der Waals surface area contributed by atoms with Gasteiger partial charge in [0, 0.05) is 7.05 Å². The van der Waals surface area contributed by atoms with E-state index in [-0.39, 0.29) is 5.91 Å². The van der Waals surface area contributed by atoms with Crippen LogP contribution in [0.5, 0.6) is 0 Å². The summed E-state index contributed by atoms with van der Waals surface area (Å²) in [6, 6.07) is 7.76. The fourth-order valence-electron chi connectivity index (χ4n) is 2.76. The number of para-hydroxylation sites is 2. The number of aryl methyl sites for hydroxylation is 1. The van der Waals surface area contributed by atoms with Gasteiger partial charge in [0.05, 0.1) is 29.4 Å². The number of rotatable bonds is 4. The highest BCUT2D eigenvalue weighted by molar-refractivity contribution is 5.86. The normalized spacial score (nSPS) is 21.0. The van der Waals surface area contributed by atoms with Crippen LogP contribution in [0.4, 0.5) is 0 Å². The second-order valence-corrected chi connectivity index (χ2v) is 5.42. The largest absolute Gasteiger partial charge is 0.481 e. The Morgan fingerprint density at radius 1 is 1.33 bits per heavy atom. The van der Waals surface area contributed by atoms with Crippen LogP contribution < -0.4 is 5.32 Å². The van der Waals surface area contributed by atoms with Gasteiger partial charge in [0.1, 0.15) is 5.82 Å². The molecule has 21 heavy (non-hydrogen) atoms. The molecule has 1 aromatic carbocycles. The Morgan fingerprint density at radius 3 is 2.67 bits per heavy atom. The lowest BCUT2D eigenvalue weighted by atomic mass is 9.73. The van der Waals surface area contributed by atoms with Crippen LogP contribution in [0.15, 0.2) is 24.3 Å². The average molecular weight is 287 g/mol. The second-order valence-electron chi connectivity index (χ2n) is 5.42.